The molecule has 5 aliphatic carbocycles. The first-order valence-corrected chi connectivity index (χ1v) is 15.9. The zero-order valence-electron chi connectivity index (χ0n) is 25.0. The summed E-state index contributed by atoms with van der Waals surface area (Å²) < 4.78 is 6.58. The molecule has 1 aliphatic heterocycles. The van der Waals surface area contributed by atoms with E-state index in [2.05, 4.69) is 47.6 Å². The second-order valence-electron chi connectivity index (χ2n) is 13.6. The molecule has 0 aromatic heterocycles. The van der Waals surface area contributed by atoms with Crippen molar-refractivity contribution < 1.29 is 24.9 Å². The predicted molar refractivity (Wildman–Crippen MR) is 161 cm³/mol. The Labute approximate surface area is 249 Å². The molecule has 0 saturated heterocycles. The molecule has 0 aromatic carbocycles. The van der Waals surface area contributed by atoms with Gasteiger partial charge in [-0.05, 0) is 67.8 Å². The van der Waals surface area contributed by atoms with Crippen molar-refractivity contribution in [1.29, 1.82) is 0 Å². The third-order valence-corrected chi connectivity index (χ3v) is 11.9. The average Bonchev–Trinajstić information content (AvgIpc) is 3.34. The van der Waals surface area contributed by atoms with Crippen LogP contribution in [0.15, 0.2) is 52.7 Å². The van der Waals surface area contributed by atoms with Crippen LogP contribution in [0, 0.1) is 40.4 Å². The smallest absolute Gasteiger partial charge is 0.334 e. The second-order valence-corrected chi connectivity index (χ2v) is 13.6. The molecule has 9 heteroatoms. The zero-order chi connectivity index (χ0) is 29.7. The number of nitrogens with two attached hydrogens (primary N) is 1. The molecule has 6 rings (SSSR count). The van der Waals surface area contributed by atoms with Crippen molar-refractivity contribution in [2.45, 2.75) is 63.6 Å². The van der Waals surface area contributed by atoms with Crippen molar-refractivity contribution in [3.63, 3.8) is 0 Å². The number of allylic oxidation sites excluding steroid dienone is 4. The summed E-state index contributed by atoms with van der Waals surface area (Å²) in [4.78, 5) is 19.4. The highest BCUT2D eigenvalue weighted by Crippen LogP contribution is 2.77. The van der Waals surface area contributed by atoms with Gasteiger partial charge in [0.1, 0.15) is 5.60 Å². The van der Waals surface area contributed by atoms with E-state index < -0.39 is 17.0 Å². The van der Waals surface area contributed by atoms with Gasteiger partial charge in [0.05, 0.1) is 24.9 Å². The monoisotopic (exact) mass is 580 g/mol. The van der Waals surface area contributed by atoms with E-state index in [1.54, 1.807) is 7.05 Å². The number of carboxylic acid groups (broad SMARTS) is 1. The number of aliphatic imine (C=N–C) groups is 1. The predicted octanol–water partition coefficient (Wildman–Crippen LogP) is 2.82. The van der Waals surface area contributed by atoms with Crippen LogP contribution < -0.4 is 11.1 Å². The van der Waals surface area contributed by atoms with Crippen molar-refractivity contribution in [3.8, 4) is 0 Å². The number of nitrogens with one attached hydrogen (secondary N) is 1. The van der Waals surface area contributed by atoms with E-state index in [0.29, 0.717) is 44.4 Å². The third kappa shape index (κ3) is 4.33. The van der Waals surface area contributed by atoms with Gasteiger partial charge < -0.3 is 36.0 Å². The Kier molecular flexibility index (Phi) is 7.92. The number of ether oxygens (including phenoxy) is 1. The summed E-state index contributed by atoms with van der Waals surface area (Å²) in [5.41, 5.74) is 5.03. The highest BCUT2D eigenvalue weighted by molar-refractivity contribution is 5.92. The van der Waals surface area contributed by atoms with Crippen LogP contribution >= 0.6 is 0 Å². The van der Waals surface area contributed by atoms with E-state index in [4.69, 9.17) is 10.5 Å². The van der Waals surface area contributed by atoms with Gasteiger partial charge in [-0.3, -0.25) is 4.99 Å². The van der Waals surface area contributed by atoms with Gasteiger partial charge in [-0.1, -0.05) is 43.7 Å². The Balaban J connectivity index is 1.40. The lowest BCUT2D eigenvalue weighted by molar-refractivity contribution is -0.144. The van der Waals surface area contributed by atoms with E-state index in [9.17, 15) is 20.1 Å². The van der Waals surface area contributed by atoms with Gasteiger partial charge in [-0.25, -0.2) is 4.79 Å². The molecule has 2 bridgehead atoms. The second kappa shape index (κ2) is 11.2. The summed E-state index contributed by atoms with van der Waals surface area (Å²) in [7, 11) is 1.69. The van der Waals surface area contributed by atoms with Crippen LogP contribution in [0.2, 0.25) is 0 Å². The summed E-state index contributed by atoms with van der Waals surface area (Å²) in [5.74, 6) is 0.593. The third-order valence-electron chi connectivity index (χ3n) is 11.9. The van der Waals surface area contributed by atoms with Gasteiger partial charge in [-0.15, -0.1) is 0 Å². The number of nitrogens with zero attached hydrogens (tertiary/aromatic N) is 2. The van der Waals surface area contributed by atoms with Crippen LogP contribution in [0.5, 0.6) is 0 Å². The molecule has 6 N–H and O–H groups in total. The molecule has 9 atom stereocenters. The standard InChI is InChI=1S/C33H48N4O5/c1-21-10-11-23-16-26-28(29(39)40)31(41,20-42-27-9-5-7-22-6-3-4-8-25(22)27)18-32(21,26)33(23)19-37(30(34)35-2)14-12-24(33)17-36-13-15-38/h3-4,6,8,12,14,21-25,27,36,38,41H,5,7,9-11,13,15-20H2,1-2H3,(H2,34,35)(H,39,40)/t21-,22+,23-,24-,25-,27-,31+,32+,33-/m1/s1. The maximum atomic E-state index is 13.1. The van der Waals surface area contributed by atoms with Crippen LogP contribution in [0.3, 0.4) is 0 Å². The molecular formula is C33H48N4O5. The molecule has 0 aromatic rings. The Bertz CT molecular complexity index is 1230. The average molecular weight is 581 g/mol. The minimum absolute atomic E-state index is 0.00959. The number of hydrogen-bond acceptors (Lipinski definition) is 6. The molecule has 9 nitrogen and oxygen atoms in total. The minimum atomic E-state index is -1.58. The topological polar surface area (TPSA) is 141 Å². The van der Waals surface area contributed by atoms with E-state index in [-0.39, 0.29) is 54.0 Å². The molecule has 0 unspecified atom stereocenters. The number of guanidine groups is 1. The Morgan fingerprint density at radius 2 is 2.02 bits per heavy atom. The molecular weight excluding hydrogens is 532 g/mol. The normalized spacial score (nSPS) is 42.4. The quantitative estimate of drug-likeness (QED) is 0.168. The van der Waals surface area contributed by atoms with Crippen LogP contribution in [0.4, 0.5) is 0 Å². The van der Waals surface area contributed by atoms with Crippen LogP contribution in [0.1, 0.15) is 51.9 Å². The van der Waals surface area contributed by atoms with E-state index in [1.807, 2.05) is 11.1 Å². The zero-order valence-corrected chi connectivity index (χ0v) is 25.0. The number of carbonyl (C=O) groups is 1. The van der Waals surface area contributed by atoms with E-state index >= 15 is 0 Å². The fourth-order valence-corrected chi connectivity index (χ4v) is 10.3. The molecule has 230 valence electrons. The molecule has 1 heterocycles. The fraction of sp³-hybridized carbons (Fsp3) is 0.697. The maximum Gasteiger partial charge on any atom is 0.334 e. The van der Waals surface area contributed by atoms with Gasteiger partial charge in [0.2, 0.25) is 0 Å². The van der Waals surface area contributed by atoms with Crippen molar-refractivity contribution in [2.75, 3.05) is 39.9 Å². The number of aliphatic hydroxyl groups is 2. The van der Waals surface area contributed by atoms with E-state index in [0.717, 1.165) is 37.7 Å². The van der Waals surface area contributed by atoms with Crippen molar-refractivity contribution in [3.05, 3.63) is 47.7 Å². The first kappa shape index (κ1) is 29.6. The number of aliphatic hydroxyl groups excluding tert-OH is 1. The van der Waals surface area contributed by atoms with Gasteiger partial charge in [-0.2, -0.15) is 0 Å². The lowest BCUT2D eigenvalue weighted by atomic mass is 9.46. The number of aliphatic carboxylic acids is 1. The highest BCUT2D eigenvalue weighted by Gasteiger charge is 2.75. The van der Waals surface area contributed by atoms with Crippen LogP contribution in [0.25, 0.3) is 0 Å². The largest absolute Gasteiger partial charge is 0.478 e. The van der Waals surface area contributed by atoms with Crippen LogP contribution in [-0.2, 0) is 9.53 Å². The minimum Gasteiger partial charge on any atom is -0.478 e. The van der Waals surface area contributed by atoms with E-state index in [1.165, 1.54) is 0 Å². The summed E-state index contributed by atoms with van der Waals surface area (Å²) in [6.45, 7) is 4.06. The highest BCUT2D eigenvalue weighted by atomic mass is 16.5. The number of rotatable bonds is 8. The molecule has 42 heavy (non-hydrogen) atoms. The van der Waals surface area contributed by atoms with Gasteiger partial charge in [0, 0.05) is 49.6 Å². The summed E-state index contributed by atoms with van der Waals surface area (Å²) in [6, 6.07) is 0. The molecule has 0 radical (unpaired) electrons. The SMILES string of the molecule is CN=C(N)N1C=C[C@H](CNCCO)[C@@]2(C1)[C@@H]1CC[C@@H](C)[C@]23C[C@](O)(CO[C@@H]2CCC[C@@H]4C=CC=C[C@H]42)C(C(=O)O)=C3C1. The van der Waals surface area contributed by atoms with Crippen molar-refractivity contribution >= 4 is 11.9 Å². The first-order valence-electron chi connectivity index (χ1n) is 15.9. The molecule has 2 spiro atoms. The molecule has 3 saturated carbocycles. The summed E-state index contributed by atoms with van der Waals surface area (Å²) in [6.07, 6.45) is 18.9. The van der Waals surface area contributed by atoms with Gasteiger partial charge in [0.15, 0.2) is 5.96 Å². The van der Waals surface area contributed by atoms with Gasteiger partial charge >= 0.3 is 5.97 Å². The van der Waals surface area contributed by atoms with Crippen molar-refractivity contribution in [1.82, 2.24) is 10.2 Å². The summed E-state index contributed by atoms with van der Waals surface area (Å²) in [5, 5.41) is 36.2. The maximum absolute atomic E-state index is 13.1. The Morgan fingerprint density at radius 3 is 2.79 bits per heavy atom. The summed E-state index contributed by atoms with van der Waals surface area (Å²) >= 11 is 0. The van der Waals surface area contributed by atoms with Crippen molar-refractivity contribution in [2.24, 2.45) is 51.1 Å². The fourth-order valence-electron chi connectivity index (χ4n) is 10.3. The lowest BCUT2D eigenvalue weighted by Crippen LogP contribution is -2.62. The Morgan fingerprint density at radius 1 is 1.21 bits per heavy atom. The number of hydrogen-bond donors (Lipinski definition) is 5. The van der Waals surface area contributed by atoms with Gasteiger partial charge in [0.25, 0.3) is 0 Å². The molecule has 6 aliphatic rings. The number of carboxylic acids is 1. The Hall–Kier alpha value is -2.46. The molecule has 3 fully saturated rings. The number of fused-ring (bicyclic) bond motifs is 1. The van der Waals surface area contributed by atoms with Crippen LogP contribution in [-0.4, -0.2) is 83.7 Å². The first-order chi connectivity index (χ1) is 20.2. The molecule has 0 amide bonds. The lowest BCUT2D eigenvalue weighted by Gasteiger charge is -2.61.